The lowest BCUT2D eigenvalue weighted by atomic mass is 9.87. The SMILES string of the molecule is COC(=O)OC1=CCCN(C2CCc3ccc(OC)cc3C2)C1. The minimum Gasteiger partial charge on any atom is -0.497 e. The Labute approximate surface area is 136 Å². The van der Waals surface area contributed by atoms with E-state index in [1.54, 1.807) is 7.11 Å². The zero-order chi connectivity index (χ0) is 16.2. The van der Waals surface area contributed by atoms with Crippen LogP contribution in [0.2, 0.25) is 0 Å². The van der Waals surface area contributed by atoms with Gasteiger partial charge in [-0.2, -0.15) is 0 Å². The second-order valence-corrected chi connectivity index (χ2v) is 6.02. The lowest BCUT2D eigenvalue weighted by Gasteiger charge is -2.37. The summed E-state index contributed by atoms with van der Waals surface area (Å²) in [5.41, 5.74) is 2.78. The summed E-state index contributed by atoms with van der Waals surface area (Å²) in [6.45, 7) is 1.66. The highest BCUT2D eigenvalue weighted by Crippen LogP contribution is 2.29. The minimum atomic E-state index is -0.642. The Morgan fingerprint density at radius 3 is 2.91 bits per heavy atom. The van der Waals surface area contributed by atoms with Crippen LogP contribution in [0.5, 0.6) is 5.75 Å². The molecule has 2 aliphatic rings. The molecule has 0 bridgehead atoms. The van der Waals surface area contributed by atoms with Gasteiger partial charge < -0.3 is 14.2 Å². The Hall–Kier alpha value is -2.01. The van der Waals surface area contributed by atoms with Crippen molar-refractivity contribution in [2.75, 3.05) is 27.3 Å². The third kappa shape index (κ3) is 3.67. The van der Waals surface area contributed by atoms with Gasteiger partial charge in [-0.15, -0.1) is 0 Å². The van der Waals surface area contributed by atoms with Crippen molar-refractivity contribution in [3.8, 4) is 5.75 Å². The smallest absolute Gasteiger partial charge is 0.497 e. The molecule has 0 aromatic heterocycles. The van der Waals surface area contributed by atoms with Crippen LogP contribution < -0.4 is 4.74 Å². The van der Waals surface area contributed by atoms with Crippen molar-refractivity contribution < 1.29 is 19.0 Å². The summed E-state index contributed by atoms with van der Waals surface area (Å²) in [5, 5.41) is 0. The zero-order valence-corrected chi connectivity index (χ0v) is 13.7. The molecule has 5 nitrogen and oxygen atoms in total. The molecule has 1 aromatic carbocycles. The Morgan fingerprint density at radius 2 is 2.13 bits per heavy atom. The standard InChI is InChI=1S/C18H23NO4/c1-21-16-8-6-13-5-7-15(10-14(13)11-16)19-9-3-4-17(12-19)23-18(20)22-2/h4,6,8,11,15H,3,5,7,9-10,12H2,1-2H3. The molecule has 1 aromatic rings. The number of aryl methyl sites for hydroxylation is 1. The van der Waals surface area contributed by atoms with Crippen molar-refractivity contribution in [1.82, 2.24) is 4.90 Å². The monoisotopic (exact) mass is 317 g/mol. The molecule has 0 fully saturated rings. The van der Waals surface area contributed by atoms with Crippen molar-refractivity contribution in [1.29, 1.82) is 0 Å². The van der Waals surface area contributed by atoms with E-state index >= 15 is 0 Å². The average Bonchev–Trinajstić information content (AvgIpc) is 2.60. The largest absolute Gasteiger partial charge is 0.513 e. The number of nitrogens with zero attached hydrogens (tertiary/aromatic N) is 1. The van der Waals surface area contributed by atoms with Crippen molar-refractivity contribution in [2.45, 2.75) is 31.7 Å². The first-order chi connectivity index (χ1) is 11.2. The molecule has 3 rings (SSSR count). The van der Waals surface area contributed by atoms with Gasteiger partial charge in [-0.05, 0) is 55.0 Å². The molecule has 0 N–H and O–H groups in total. The van der Waals surface area contributed by atoms with E-state index in [-0.39, 0.29) is 0 Å². The number of benzene rings is 1. The van der Waals surface area contributed by atoms with E-state index < -0.39 is 6.16 Å². The molecule has 0 radical (unpaired) electrons. The van der Waals surface area contributed by atoms with Crippen LogP contribution in [0, 0.1) is 0 Å². The van der Waals surface area contributed by atoms with Crippen molar-refractivity contribution in [2.24, 2.45) is 0 Å². The molecular formula is C18H23NO4. The number of methoxy groups -OCH3 is 2. The normalized spacial score (nSPS) is 21.1. The molecule has 0 saturated carbocycles. The van der Waals surface area contributed by atoms with Crippen LogP contribution in [-0.2, 0) is 22.3 Å². The molecule has 124 valence electrons. The van der Waals surface area contributed by atoms with E-state index in [0.717, 1.165) is 38.0 Å². The van der Waals surface area contributed by atoms with Gasteiger partial charge >= 0.3 is 6.16 Å². The lowest BCUT2D eigenvalue weighted by molar-refractivity contribution is 0.0808. The van der Waals surface area contributed by atoms with E-state index in [1.807, 2.05) is 12.1 Å². The Kier molecular flexibility index (Phi) is 4.86. The molecule has 0 saturated heterocycles. The maximum Gasteiger partial charge on any atom is 0.513 e. The first-order valence-corrected chi connectivity index (χ1v) is 8.04. The van der Waals surface area contributed by atoms with Crippen molar-refractivity contribution in [3.63, 3.8) is 0 Å². The zero-order valence-electron chi connectivity index (χ0n) is 13.7. The highest BCUT2D eigenvalue weighted by Gasteiger charge is 2.27. The number of rotatable bonds is 3. The maximum absolute atomic E-state index is 11.3. The molecule has 0 spiro atoms. The van der Waals surface area contributed by atoms with Crippen LogP contribution in [0.1, 0.15) is 24.0 Å². The fraction of sp³-hybridized carbons (Fsp3) is 0.500. The number of hydrogen-bond donors (Lipinski definition) is 0. The van der Waals surface area contributed by atoms with Gasteiger partial charge in [0.2, 0.25) is 0 Å². The molecule has 1 heterocycles. The number of fused-ring (bicyclic) bond motifs is 1. The predicted molar refractivity (Wildman–Crippen MR) is 86.6 cm³/mol. The average molecular weight is 317 g/mol. The highest BCUT2D eigenvalue weighted by atomic mass is 16.7. The molecule has 0 amide bonds. The van der Waals surface area contributed by atoms with E-state index in [2.05, 4.69) is 21.8 Å². The summed E-state index contributed by atoms with van der Waals surface area (Å²) in [4.78, 5) is 13.7. The predicted octanol–water partition coefficient (Wildman–Crippen LogP) is 2.93. The van der Waals surface area contributed by atoms with Crippen LogP contribution in [0.3, 0.4) is 0 Å². The molecule has 23 heavy (non-hydrogen) atoms. The fourth-order valence-electron chi connectivity index (χ4n) is 3.42. The maximum atomic E-state index is 11.3. The van der Waals surface area contributed by atoms with Crippen molar-refractivity contribution in [3.05, 3.63) is 41.2 Å². The van der Waals surface area contributed by atoms with Crippen LogP contribution >= 0.6 is 0 Å². The Morgan fingerprint density at radius 1 is 1.26 bits per heavy atom. The van der Waals surface area contributed by atoms with E-state index in [4.69, 9.17) is 9.47 Å². The molecule has 5 heteroatoms. The molecule has 1 unspecified atom stereocenters. The lowest BCUT2D eigenvalue weighted by Crippen LogP contribution is -2.43. The summed E-state index contributed by atoms with van der Waals surface area (Å²) in [6.07, 6.45) is 5.46. The van der Waals surface area contributed by atoms with Crippen molar-refractivity contribution >= 4 is 6.16 Å². The van der Waals surface area contributed by atoms with Gasteiger partial charge in [0, 0.05) is 12.6 Å². The highest BCUT2D eigenvalue weighted by molar-refractivity contribution is 5.61. The van der Waals surface area contributed by atoms with Gasteiger partial charge in [0.25, 0.3) is 0 Å². The van der Waals surface area contributed by atoms with E-state index in [0.29, 0.717) is 18.3 Å². The van der Waals surface area contributed by atoms with Gasteiger partial charge in [0.05, 0.1) is 20.8 Å². The number of hydrogen-bond acceptors (Lipinski definition) is 5. The number of ether oxygens (including phenoxy) is 3. The Bertz CT molecular complexity index is 611. The second-order valence-electron chi connectivity index (χ2n) is 6.02. The Balaban J connectivity index is 1.66. The third-order valence-corrected chi connectivity index (χ3v) is 4.66. The third-order valence-electron chi connectivity index (χ3n) is 4.66. The van der Waals surface area contributed by atoms with Crippen LogP contribution in [0.15, 0.2) is 30.0 Å². The summed E-state index contributed by atoms with van der Waals surface area (Å²) in [7, 11) is 3.03. The van der Waals surface area contributed by atoms with Gasteiger partial charge in [-0.25, -0.2) is 4.79 Å². The molecular weight excluding hydrogens is 294 g/mol. The van der Waals surface area contributed by atoms with E-state index in [1.165, 1.54) is 18.2 Å². The summed E-state index contributed by atoms with van der Waals surface area (Å²) < 4.78 is 15.1. The second kappa shape index (κ2) is 7.04. The first kappa shape index (κ1) is 15.9. The van der Waals surface area contributed by atoms with Gasteiger partial charge in [0.1, 0.15) is 11.5 Å². The summed E-state index contributed by atoms with van der Waals surface area (Å²) in [6, 6.07) is 6.82. The van der Waals surface area contributed by atoms with Crippen LogP contribution in [-0.4, -0.2) is 44.4 Å². The van der Waals surface area contributed by atoms with Gasteiger partial charge in [0.15, 0.2) is 0 Å². The molecule has 1 aliphatic heterocycles. The molecule has 1 atom stereocenters. The van der Waals surface area contributed by atoms with Crippen LogP contribution in [0.4, 0.5) is 4.79 Å². The van der Waals surface area contributed by atoms with Gasteiger partial charge in [-0.3, -0.25) is 4.90 Å². The molecule has 1 aliphatic carbocycles. The summed E-state index contributed by atoms with van der Waals surface area (Å²) in [5.74, 6) is 1.61. The summed E-state index contributed by atoms with van der Waals surface area (Å²) >= 11 is 0. The fourth-order valence-corrected chi connectivity index (χ4v) is 3.42. The number of carbonyl (C=O) groups excluding carboxylic acids is 1. The first-order valence-electron chi connectivity index (χ1n) is 8.04. The minimum absolute atomic E-state index is 0.472. The van der Waals surface area contributed by atoms with Crippen LogP contribution in [0.25, 0.3) is 0 Å². The number of carbonyl (C=O) groups is 1. The topological polar surface area (TPSA) is 48.0 Å². The van der Waals surface area contributed by atoms with Gasteiger partial charge in [-0.1, -0.05) is 6.07 Å². The van der Waals surface area contributed by atoms with E-state index in [9.17, 15) is 4.79 Å². The quantitative estimate of drug-likeness (QED) is 0.802.